The van der Waals surface area contributed by atoms with E-state index >= 15 is 0 Å². The minimum atomic E-state index is -0.341. The van der Waals surface area contributed by atoms with E-state index in [4.69, 9.17) is 16.9 Å². The summed E-state index contributed by atoms with van der Waals surface area (Å²) in [6.07, 6.45) is 3.88. The summed E-state index contributed by atoms with van der Waals surface area (Å²) in [5.74, 6) is 0.744. The second-order valence-electron chi connectivity index (χ2n) is 4.32. The van der Waals surface area contributed by atoms with Crippen LogP contribution in [0.4, 0.5) is 0 Å². The predicted molar refractivity (Wildman–Crippen MR) is 67.4 cm³/mol. The number of nitriles is 1. The number of alkyl halides is 1. The molecule has 0 unspecified atom stereocenters. The molecule has 0 bridgehead atoms. The van der Waals surface area contributed by atoms with Crippen LogP contribution in [-0.4, -0.2) is 36.3 Å². The monoisotopic (exact) mass is 255 g/mol. The average Bonchev–Trinajstić information content (AvgIpc) is 2.35. The van der Waals surface area contributed by atoms with E-state index in [2.05, 4.69) is 12.2 Å². The molecular weight excluding hydrogens is 238 g/mol. The molecule has 94 valence electrons. The van der Waals surface area contributed by atoms with Gasteiger partial charge in [0.2, 0.25) is 0 Å². The minimum Gasteiger partial charge on any atom is -0.376 e. The van der Waals surface area contributed by atoms with Gasteiger partial charge >= 0.3 is 0 Å². The number of hydrogen-bond acceptors (Lipinski definition) is 3. The maximum atomic E-state index is 11.6. The molecule has 1 fully saturated rings. The van der Waals surface area contributed by atoms with Gasteiger partial charge < -0.3 is 10.2 Å². The molecule has 0 aliphatic carbocycles. The van der Waals surface area contributed by atoms with Crippen molar-refractivity contribution in [2.24, 2.45) is 5.92 Å². The largest absolute Gasteiger partial charge is 0.376 e. The number of rotatable bonds is 4. The fourth-order valence-corrected chi connectivity index (χ4v) is 1.83. The minimum absolute atomic E-state index is 0.157. The van der Waals surface area contributed by atoms with Crippen molar-refractivity contribution in [1.29, 1.82) is 5.26 Å². The van der Waals surface area contributed by atoms with Gasteiger partial charge in [-0.3, -0.25) is 4.79 Å². The number of likely N-dealkylation sites (tertiary alicyclic amines) is 1. The SMILES string of the molecule is CC1CCN(/C=C(/C#N)C(=O)NCCCl)CC1. The highest BCUT2D eigenvalue weighted by atomic mass is 35.5. The lowest BCUT2D eigenvalue weighted by Gasteiger charge is -2.29. The number of piperidine rings is 1. The highest BCUT2D eigenvalue weighted by Gasteiger charge is 2.15. The van der Waals surface area contributed by atoms with Crippen LogP contribution in [-0.2, 0) is 4.79 Å². The van der Waals surface area contributed by atoms with Gasteiger partial charge in [-0.25, -0.2) is 0 Å². The Morgan fingerprint density at radius 1 is 1.59 bits per heavy atom. The molecule has 1 N–H and O–H groups in total. The first-order valence-corrected chi connectivity index (χ1v) is 6.41. The van der Waals surface area contributed by atoms with Crippen LogP contribution >= 0.6 is 11.6 Å². The Balaban J connectivity index is 2.54. The molecule has 1 saturated heterocycles. The molecule has 0 atom stereocenters. The molecule has 0 aromatic heterocycles. The van der Waals surface area contributed by atoms with Gasteiger partial charge in [-0.2, -0.15) is 5.26 Å². The number of amides is 1. The van der Waals surface area contributed by atoms with E-state index in [1.54, 1.807) is 6.20 Å². The lowest BCUT2D eigenvalue weighted by Crippen LogP contribution is -2.31. The van der Waals surface area contributed by atoms with Crippen molar-refractivity contribution in [2.45, 2.75) is 19.8 Å². The molecule has 1 aliphatic rings. The lowest BCUT2D eigenvalue weighted by molar-refractivity contribution is -0.117. The number of halogens is 1. The van der Waals surface area contributed by atoms with Crippen LogP contribution in [0.5, 0.6) is 0 Å². The highest BCUT2D eigenvalue weighted by molar-refractivity contribution is 6.18. The summed E-state index contributed by atoms with van der Waals surface area (Å²) in [5.41, 5.74) is 0.157. The zero-order valence-electron chi connectivity index (χ0n) is 10.1. The van der Waals surface area contributed by atoms with Crippen LogP contribution in [0.25, 0.3) is 0 Å². The van der Waals surface area contributed by atoms with Crippen LogP contribution in [0.3, 0.4) is 0 Å². The van der Waals surface area contributed by atoms with E-state index in [1.165, 1.54) is 0 Å². The van der Waals surface area contributed by atoms with E-state index in [0.717, 1.165) is 31.8 Å². The topological polar surface area (TPSA) is 56.1 Å². The van der Waals surface area contributed by atoms with Crippen molar-refractivity contribution in [3.8, 4) is 6.07 Å². The van der Waals surface area contributed by atoms with Crippen molar-refractivity contribution in [3.05, 3.63) is 11.8 Å². The van der Waals surface area contributed by atoms with Crippen LogP contribution < -0.4 is 5.32 Å². The number of carbonyl (C=O) groups is 1. The predicted octanol–water partition coefficient (Wildman–Crippen LogP) is 1.48. The Labute approximate surface area is 107 Å². The zero-order chi connectivity index (χ0) is 12.7. The molecule has 1 heterocycles. The van der Waals surface area contributed by atoms with Gasteiger partial charge in [0.25, 0.3) is 5.91 Å². The van der Waals surface area contributed by atoms with Crippen molar-refractivity contribution in [1.82, 2.24) is 10.2 Å². The molecule has 1 aliphatic heterocycles. The fraction of sp³-hybridized carbons (Fsp3) is 0.667. The van der Waals surface area contributed by atoms with Crippen molar-refractivity contribution >= 4 is 17.5 Å². The first kappa shape index (κ1) is 13.9. The Bertz CT molecular complexity index is 327. The van der Waals surface area contributed by atoms with Crippen molar-refractivity contribution in [2.75, 3.05) is 25.5 Å². The van der Waals surface area contributed by atoms with Gasteiger partial charge in [0.1, 0.15) is 11.6 Å². The summed E-state index contributed by atoms with van der Waals surface area (Å²) < 4.78 is 0. The van der Waals surface area contributed by atoms with E-state index in [0.29, 0.717) is 12.4 Å². The molecule has 4 nitrogen and oxygen atoms in total. The van der Waals surface area contributed by atoms with Crippen LogP contribution in [0, 0.1) is 17.2 Å². The molecule has 17 heavy (non-hydrogen) atoms. The van der Waals surface area contributed by atoms with Gasteiger partial charge in [-0.15, -0.1) is 11.6 Å². The Kier molecular flexibility index (Phi) is 5.85. The third-order valence-corrected chi connectivity index (χ3v) is 3.06. The number of nitrogens with zero attached hydrogens (tertiary/aromatic N) is 2. The van der Waals surface area contributed by atoms with Crippen LogP contribution in [0.1, 0.15) is 19.8 Å². The smallest absolute Gasteiger partial charge is 0.263 e. The van der Waals surface area contributed by atoms with Crippen molar-refractivity contribution < 1.29 is 4.79 Å². The second kappa shape index (κ2) is 7.18. The molecule has 0 aromatic carbocycles. The number of nitrogens with one attached hydrogen (secondary N) is 1. The number of hydrogen-bond donors (Lipinski definition) is 1. The summed E-state index contributed by atoms with van der Waals surface area (Å²) >= 11 is 5.47. The first-order chi connectivity index (χ1) is 8.17. The highest BCUT2D eigenvalue weighted by Crippen LogP contribution is 2.16. The van der Waals surface area contributed by atoms with E-state index < -0.39 is 0 Å². The summed E-state index contributed by atoms with van der Waals surface area (Å²) in [4.78, 5) is 13.6. The second-order valence-corrected chi connectivity index (χ2v) is 4.70. The Hall–Kier alpha value is -1.21. The molecular formula is C12H18ClN3O. The summed E-state index contributed by atoms with van der Waals surface area (Å²) in [6.45, 7) is 4.43. The molecule has 1 amide bonds. The van der Waals surface area contributed by atoms with Gasteiger partial charge in [0.15, 0.2) is 0 Å². The maximum absolute atomic E-state index is 11.6. The van der Waals surface area contributed by atoms with E-state index in [-0.39, 0.29) is 11.5 Å². The standard InChI is InChI=1S/C12H18ClN3O/c1-10-2-6-16(7-3-10)9-11(8-14)12(17)15-5-4-13/h9-10H,2-7H2,1H3,(H,15,17)/b11-9-. The third kappa shape index (κ3) is 4.66. The molecule has 0 aromatic rings. The molecule has 1 rings (SSSR count). The number of carbonyl (C=O) groups excluding carboxylic acids is 1. The molecule has 0 radical (unpaired) electrons. The zero-order valence-corrected chi connectivity index (χ0v) is 10.8. The van der Waals surface area contributed by atoms with Gasteiger partial charge in [0, 0.05) is 31.7 Å². The summed E-state index contributed by atoms with van der Waals surface area (Å²) in [7, 11) is 0. The first-order valence-electron chi connectivity index (χ1n) is 5.87. The van der Waals surface area contributed by atoms with Crippen molar-refractivity contribution in [3.63, 3.8) is 0 Å². The van der Waals surface area contributed by atoms with Crippen LogP contribution in [0.15, 0.2) is 11.8 Å². The Morgan fingerprint density at radius 2 is 2.24 bits per heavy atom. The lowest BCUT2D eigenvalue weighted by atomic mass is 9.99. The van der Waals surface area contributed by atoms with E-state index in [1.807, 2.05) is 11.0 Å². The molecule has 0 spiro atoms. The average molecular weight is 256 g/mol. The van der Waals surface area contributed by atoms with Gasteiger partial charge in [0.05, 0.1) is 0 Å². The van der Waals surface area contributed by atoms with Gasteiger partial charge in [-0.05, 0) is 18.8 Å². The summed E-state index contributed by atoms with van der Waals surface area (Å²) in [5, 5.41) is 11.5. The maximum Gasteiger partial charge on any atom is 0.263 e. The molecule has 0 saturated carbocycles. The normalized spacial score (nSPS) is 17.7. The third-order valence-electron chi connectivity index (χ3n) is 2.88. The van der Waals surface area contributed by atoms with E-state index in [9.17, 15) is 4.79 Å². The molecule has 5 heteroatoms. The fourth-order valence-electron chi connectivity index (χ4n) is 1.73. The van der Waals surface area contributed by atoms with Crippen LogP contribution in [0.2, 0.25) is 0 Å². The Morgan fingerprint density at radius 3 is 2.76 bits per heavy atom. The van der Waals surface area contributed by atoms with Gasteiger partial charge in [-0.1, -0.05) is 6.92 Å². The quantitative estimate of drug-likeness (QED) is 0.470. The summed E-state index contributed by atoms with van der Waals surface area (Å²) in [6, 6.07) is 1.93.